The largest absolute Gasteiger partial charge is 0.310 e. The number of sulfonamides is 1. The van der Waals surface area contributed by atoms with Crippen molar-refractivity contribution >= 4 is 10.0 Å². The van der Waals surface area contributed by atoms with Crippen LogP contribution in [0.15, 0.2) is 29.2 Å². The zero-order chi connectivity index (χ0) is 13.9. The summed E-state index contributed by atoms with van der Waals surface area (Å²) < 4.78 is 39.3. The third kappa shape index (κ3) is 3.50. The van der Waals surface area contributed by atoms with E-state index in [1.165, 1.54) is 24.3 Å². The standard InChI is InChI=1S/C12H14FN3O2S/c13-10-5-11(15-7-10)8-16-19(17,18)12-3-1-9(6-14)2-4-12/h1-4,10-11,15-16H,5,7-8H2/t10-,11-/m0/s1. The molecule has 0 aromatic heterocycles. The van der Waals surface area contributed by atoms with Gasteiger partial charge in [0.2, 0.25) is 10.0 Å². The predicted molar refractivity (Wildman–Crippen MR) is 67.6 cm³/mol. The zero-order valence-corrected chi connectivity index (χ0v) is 11.0. The molecule has 1 fully saturated rings. The molecule has 0 saturated carbocycles. The second-order valence-electron chi connectivity index (χ2n) is 4.43. The second kappa shape index (κ2) is 5.65. The van der Waals surface area contributed by atoms with Crippen LogP contribution >= 0.6 is 0 Å². The summed E-state index contributed by atoms with van der Waals surface area (Å²) in [6.07, 6.45) is -0.597. The van der Waals surface area contributed by atoms with E-state index in [0.717, 1.165) is 0 Å². The van der Waals surface area contributed by atoms with Crippen molar-refractivity contribution in [2.45, 2.75) is 23.5 Å². The molecule has 0 radical (unpaired) electrons. The van der Waals surface area contributed by atoms with E-state index in [9.17, 15) is 12.8 Å². The molecule has 0 unspecified atom stereocenters. The average Bonchev–Trinajstić information content (AvgIpc) is 2.82. The SMILES string of the molecule is N#Cc1ccc(S(=O)(=O)NC[C@@H]2C[C@H](F)CN2)cc1. The van der Waals surface area contributed by atoms with Gasteiger partial charge >= 0.3 is 0 Å². The van der Waals surface area contributed by atoms with Crippen molar-refractivity contribution in [3.8, 4) is 6.07 Å². The smallest absolute Gasteiger partial charge is 0.240 e. The van der Waals surface area contributed by atoms with E-state index in [4.69, 9.17) is 5.26 Å². The van der Waals surface area contributed by atoms with E-state index in [0.29, 0.717) is 12.0 Å². The van der Waals surface area contributed by atoms with Crippen LogP contribution in [-0.2, 0) is 10.0 Å². The number of nitriles is 1. The molecule has 0 amide bonds. The van der Waals surface area contributed by atoms with Gasteiger partial charge in [0.05, 0.1) is 16.5 Å². The van der Waals surface area contributed by atoms with Gasteiger partial charge in [0.15, 0.2) is 0 Å². The molecule has 0 aliphatic carbocycles. The number of halogens is 1. The summed E-state index contributed by atoms with van der Waals surface area (Å²) in [4.78, 5) is 0.0984. The Morgan fingerprint density at radius 1 is 1.42 bits per heavy atom. The van der Waals surface area contributed by atoms with Crippen LogP contribution in [0.4, 0.5) is 4.39 Å². The summed E-state index contributed by atoms with van der Waals surface area (Å²) in [6.45, 7) is 0.423. The van der Waals surface area contributed by atoms with E-state index < -0.39 is 16.2 Å². The average molecular weight is 283 g/mol. The van der Waals surface area contributed by atoms with Gasteiger partial charge in [0, 0.05) is 19.1 Å². The van der Waals surface area contributed by atoms with Crippen LogP contribution < -0.4 is 10.0 Å². The molecule has 1 aromatic carbocycles. The van der Waals surface area contributed by atoms with Crippen LogP contribution in [0.3, 0.4) is 0 Å². The topological polar surface area (TPSA) is 82.0 Å². The molecule has 0 spiro atoms. The molecular weight excluding hydrogens is 269 g/mol. The summed E-state index contributed by atoms with van der Waals surface area (Å²) in [5.41, 5.74) is 0.400. The molecule has 1 aromatic rings. The minimum Gasteiger partial charge on any atom is -0.310 e. The molecule has 2 atom stereocenters. The summed E-state index contributed by atoms with van der Waals surface area (Å²) >= 11 is 0. The molecule has 1 saturated heterocycles. The van der Waals surface area contributed by atoms with E-state index in [1.807, 2.05) is 6.07 Å². The Hall–Kier alpha value is -1.49. The molecule has 2 N–H and O–H groups in total. The van der Waals surface area contributed by atoms with Gasteiger partial charge in [0.1, 0.15) is 6.17 Å². The van der Waals surface area contributed by atoms with Crippen LogP contribution in [0.25, 0.3) is 0 Å². The number of rotatable bonds is 4. The summed E-state index contributed by atoms with van der Waals surface area (Å²) in [5.74, 6) is 0. The normalized spacial score (nSPS) is 23.2. The Morgan fingerprint density at radius 3 is 2.63 bits per heavy atom. The first-order chi connectivity index (χ1) is 9.01. The fourth-order valence-electron chi connectivity index (χ4n) is 1.93. The Kier molecular flexibility index (Phi) is 4.14. The molecular formula is C12H14FN3O2S. The number of hydrogen-bond donors (Lipinski definition) is 2. The number of nitrogens with one attached hydrogen (secondary N) is 2. The van der Waals surface area contributed by atoms with Gasteiger partial charge in [-0.2, -0.15) is 5.26 Å². The van der Waals surface area contributed by atoms with Crippen molar-refractivity contribution in [2.24, 2.45) is 0 Å². The number of hydrogen-bond acceptors (Lipinski definition) is 4. The minimum atomic E-state index is -3.61. The van der Waals surface area contributed by atoms with Gasteiger partial charge < -0.3 is 5.32 Å². The fourth-order valence-corrected chi connectivity index (χ4v) is 3.01. The molecule has 7 heteroatoms. The van der Waals surface area contributed by atoms with E-state index in [1.54, 1.807) is 0 Å². The number of alkyl halides is 1. The molecule has 5 nitrogen and oxygen atoms in total. The van der Waals surface area contributed by atoms with Crippen molar-refractivity contribution in [3.63, 3.8) is 0 Å². The Bertz CT molecular complexity index is 580. The fraction of sp³-hybridized carbons (Fsp3) is 0.417. The van der Waals surface area contributed by atoms with Crippen LogP contribution in [0.5, 0.6) is 0 Å². The Balaban J connectivity index is 1.99. The third-order valence-electron chi connectivity index (χ3n) is 2.98. The highest BCUT2D eigenvalue weighted by molar-refractivity contribution is 7.89. The van der Waals surface area contributed by atoms with Crippen molar-refractivity contribution < 1.29 is 12.8 Å². The molecule has 1 aliphatic rings. The van der Waals surface area contributed by atoms with Crippen molar-refractivity contribution in [2.75, 3.05) is 13.1 Å². The van der Waals surface area contributed by atoms with Crippen LogP contribution in [0.1, 0.15) is 12.0 Å². The van der Waals surface area contributed by atoms with Crippen molar-refractivity contribution in [3.05, 3.63) is 29.8 Å². The summed E-state index contributed by atoms with van der Waals surface area (Å²) in [5, 5.41) is 11.5. The van der Waals surface area contributed by atoms with Gasteiger partial charge in [0.25, 0.3) is 0 Å². The van der Waals surface area contributed by atoms with Gasteiger partial charge in [-0.3, -0.25) is 0 Å². The molecule has 1 aliphatic heterocycles. The van der Waals surface area contributed by atoms with Crippen LogP contribution in [-0.4, -0.2) is 33.7 Å². The molecule has 1 heterocycles. The first-order valence-corrected chi connectivity index (χ1v) is 7.37. The monoisotopic (exact) mass is 283 g/mol. The Morgan fingerprint density at radius 2 is 2.11 bits per heavy atom. The molecule has 0 bridgehead atoms. The summed E-state index contributed by atoms with van der Waals surface area (Å²) in [7, 11) is -3.61. The third-order valence-corrected chi connectivity index (χ3v) is 4.42. The lowest BCUT2D eigenvalue weighted by molar-refractivity contribution is 0.355. The lowest BCUT2D eigenvalue weighted by Crippen LogP contribution is -2.37. The highest BCUT2D eigenvalue weighted by atomic mass is 32.2. The Labute approximate surface area is 111 Å². The van der Waals surface area contributed by atoms with Gasteiger partial charge in [-0.15, -0.1) is 0 Å². The predicted octanol–water partition coefficient (Wildman–Crippen LogP) is 0.537. The van der Waals surface area contributed by atoms with Gasteiger partial charge in [-0.1, -0.05) is 0 Å². The molecule has 2 rings (SSSR count). The van der Waals surface area contributed by atoms with Crippen molar-refractivity contribution in [1.82, 2.24) is 10.0 Å². The molecule has 102 valence electrons. The second-order valence-corrected chi connectivity index (χ2v) is 6.19. The maximum absolute atomic E-state index is 12.9. The minimum absolute atomic E-state index is 0.0984. The number of nitrogens with zero attached hydrogens (tertiary/aromatic N) is 1. The highest BCUT2D eigenvalue weighted by Gasteiger charge is 2.25. The first-order valence-electron chi connectivity index (χ1n) is 5.88. The molecule has 19 heavy (non-hydrogen) atoms. The zero-order valence-electron chi connectivity index (χ0n) is 10.1. The summed E-state index contributed by atoms with van der Waals surface area (Å²) in [6, 6.07) is 7.38. The van der Waals surface area contributed by atoms with Crippen molar-refractivity contribution in [1.29, 1.82) is 5.26 Å². The lowest BCUT2D eigenvalue weighted by atomic mass is 10.2. The lowest BCUT2D eigenvalue weighted by Gasteiger charge is -2.11. The van der Waals surface area contributed by atoms with E-state index >= 15 is 0 Å². The van der Waals surface area contributed by atoms with Gasteiger partial charge in [-0.25, -0.2) is 17.5 Å². The number of benzene rings is 1. The first kappa shape index (κ1) is 13.9. The van der Waals surface area contributed by atoms with Crippen LogP contribution in [0.2, 0.25) is 0 Å². The van der Waals surface area contributed by atoms with E-state index in [-0.39, 0.29) is 24.0 Å². The maximum atomic E-state index is 12.9. The van der Waals surface area contributed by atoms with E-state index in [2.05, 4.69) is 10.0 Å². The van der Waals surface area contributed by atoms with Gasteiger partial charge in [-0.05, 0) is 30.7 Å². The maximum Gasteiger partial charge on any atom is 0.240 e. The van der Waals surface area contributed by atoms with Crippen LogP contribution in [0, 0.1) is 11.3 Å². The highest BCUT2D eigenvalue weighted by Crippen LogP contribution is 2.12. The quantitative estimate of drug-likeness (QED) is 0.845.